The third kappa shape index (κ3) is 3.75. The van der Waals surface area contributed by atoms with Gasteiger partial charge in [-0.15, -0.1) is 0 Å². The summed E-state index contributed by atoms with van der Waals surface area (Å²) in [6.45, 7) is 0. The molecule has 1 unspecified atom stereocenters. The number of hydrogen-bond acceptors (Lipinski definition) is 7. The average Bonchev–Trinajstić information content (AvgIpc) is 3.41. The van der Waals surface area contributed by atoms with E-state index in [-0.39, 0.29) is 16.4 Å². The Bertz CT molecular complexity index is 1590. The highest BCUT2D eigenvalue weighted by atomic mass is 35.5. The molecule has 39 heavy (non-hydrogen) atoms. The van der Waals surface area contributed by atoms with Crippen LogP contribution in [0.25, 0.3) is 6.08 Å². The number of fused-ring (bicyclic) bond motifs is 5. The van der Waals surface area contributed by atoms with E-state index in [0.717, 1.165) is 22.1 Å². The van der Waals surface area contributed by atoms with Gasteiger partial charge in [0.1, 0.15) is 16.8 Å². The summed E-state index contributed by atoms with van der Waals surface area (Å²) in [6.07, 6.45) is 3.57. The van der Waals surface area contributed by atoms with Gasteiger partial charge in [0, 0.05) is 18.0 Å². The molecule has 0 bridgehead atoms. The first kappa shape index (κ1) is 24.6. The number of hydrogen-bond donors (Lipinski definition) is 1. The van der Waals surface area contributed by atoms with Crippen LogP contribution in [0.5, 0.6) is 5.75 Å². The van der Waals surface area contributed by atoms with Crippen molar-refractivity contribution >= 4 is 52.5 Å². The van der Waals surface area contributed by atoms with Crippen molar-refractivity contribution in [2.45, 2.75) is 12.1 Å². The minimum absolute atomic E-state index is 0.0708. The highest BCUT2D eigenvalue weighted by molar-refractivity contribution is 6.32. The van der Waals surface area contributed by atoms with Gasteiger partial charge in [0.15, 0.2) is 0 Å². The standard InChI is InChI=1S/C28H21ClN4O6/c1-39-21-9-5-4-8-19(21)32-27(35)22-23(28(32)36)25(31-13-12-15-6-2-3-7-17(15)24(22)31)26(34)30-16-10-11-18(29)20(14-16)33(37)38/h2-14,22-25H,1H3,(H,30,34)/t22-,23+,24?,25-/m0/s1. The van der Waals surface area contributed by atoms with Gasteiger partial charge in [0.2, 0.25) is 17.7 Å². The van der Waals surface area contributed by atoms with Crippen LogP contribution in [0.15, 0.2) is 72.9 Å². The van der Waals surface area contributed by atoms with Gasteiger partial charge < -0.3 is 15.0 Å². The van der Waals surface area contributed by atoms with Crippen molar-refractivity contribution in [1.82, 2.24) is 4.90 Å². The van der Waals surface area contributed by atoms with Crippen molar-refractivity contribution in [3.63, 3.8) is 0 Å². The van der Waals surface area contributed by atoms with Crippen LogP contribution in [0.4, 0.5) is 17.1 Å². The second-order valence-electron chi connectivity index (χ2n) is 9.43. The molecule has 1 N–H and O–H groups in total. The number of carbonyl (C=O) groups is 3. The maximum Gasteiger partial charge on any atom is 0.289 e. The van der Waals surface area contributed by atoms with Crippen molar-refractivity contribution in [1.29, 1.82) is 0 Å². The van der Waals surface area contributed by atoms with Crippen LogP contribution in [-0.4, -0.2) is 40.7 Å². The molecule has 3 amide bonds. The van der Waals surface area contributed by atoms with Gasteiger partial charge in [-0.2, -0.15) is 0 Å². The molecule has 3 aromatic rings. The topological polar surface area (TPSA) is 122 Å². The third-order valence-electron chi connectivity index (χ3n) is 7.47. The molecule has 4 atom stereocenters. The SMILES string of the molecule is COc1ccccc1N1C(=O)[C@@H]2[C@H](C1=O)C1c3ccccc3C=CN1[C@@H]2C(=O)Nc1ccc(Cl)c([N+](=O)[O-])c1. The van der Waals surface area contributed by atoms with Crippen LogP contribution >= 0.6 is 11.6 Å². The van der Waals surface area contributed by atoms with Crippen molar-refractivity contribution in [2.24, 2.45) is 11.8 Å². The second kappa shape index (κ2) is 9.25. The molecule has 11 heteroatoms. The zero-order chi connectivity index (χ0) is 27.4. The summed E-state index contributed by atoms with van der Waals surface area (Å²) in [6, 6.07) is 16.6. The molecule has 0 saturated carbocycles. The highest BCUT2D eigenvalue weighted by Crippen LogP contribution is 2.54. The normalized spacial score (nSPS) is 22.8. The van der Waals surface area contributed by atoms with Gasteiger partial charge >= 0.3 is 0 Å². The summed E-state index contributed by atoms with van der Waals surface area (Å²) in [5.41, 5.74) is 1.81. The number of methoxy groups -OCH3 is 1. The summed E-state index contributed by atoms with van der Waals surface area (Å²) in [4.78, 5) is 55.4. The first-order chi connectivity index (χ1) is 18.8. The fraction of sp³-hybridized carbons (Fsp3) is 0.179. The Morgan fingerprint density at radius 1 is 1.03 bits per heavy atom. The fourth-order valence-electron chi connectivity index (χ4n) is 5.86. The number of nitrogens with zero attached hydrogens (tertiary/aromatic N) is 3. The molecular formula is C28H21ClN4O6. The van der Waals surface area contributed by atoms with Crippen LogP contribution in [0, 0.1) is 22.0 Å². The molecule has 2 fully saturated rings. The second-order valence-corrected chi connectivity index (χ2v) is 9.84. The van der Waals surface area contributed by atoms with Crippen molar-refractivity contribution in [3.05, 3.63) is 99.2 Å². The molecule has 2 saturated heterocycles. The van der Waals surface area contributed by atoms with Crippen molar-refractivity contribution < 1.29 is 24.0 Å². The molecule has 3 aliphatic rings. The molecular weight excluding hydrogens is 524 g/mol. The van der Waals surface area contributed by atoms with E-state index in [1.54, 1.807) is 35.4 Å². The first-order valence-corrected chi connectivity index (χ1v) is 12.5. The molecule has 0 aromatic heterocycles. The first-order valence-electron chi connectivity index (χ1n) is 12.1. The Labute approximate surface area is 227 Å². The molecule has 196 valence electrons. The Hall–Kier alpha value is -4.70. The predicted octanol–water partition coefficient (Wildman–Crippen LogP) is 4.41. The van der Waals surface area contributed by atoms with Gasteiger partial charge in [-0.25, -0.2) is 4.90 Å². The Morgan fingerprint density at radius 2 is 1.74 bits per heavy atom. The fourth-order valence-corrected chi connectivity index (χ4v) is 6.04. The number of benzene rings is 3. The number of ether oxygens (including phenoxy) is 1. The average molecular weight is 545 g/mol. The zero-order valence-corrected chi connectivity index (χ0v) is 21.2. The van der Waals surface area contributed by atoms with E-state index in [4.69, 9.17) is 16.3 Å². The lowest BCUT2D eigenvalue weighted by atomic mass is 9.84. The van der Waals surface area contributed by atoms with E-state index in [0.29, 0.717) is 11.4 Å². The number of imide groups is 1. The number of nitro benzene ring substituents is 1. The molecule has 0 aliphatic carbocycles. The Morgan fingerprint density at radius 3 is 2.51 bits per heavy atom. The van der Waals surface area contributed by atoms with Crippen LogP contribution < -0.4 is 15.0 Å². The van der Waals surface area contributed by atoms with Crippen LogP contribution in [0.1, 0.15) is 17.2 Å². The maximum absolute atomic E-state index is 14.0. The van der Waals surface area contributed by atoms with Crippen LogP contribution in [-0.2, 0) is 14.4 Å². The van der Waals surface area contributed by atoms with E-state index >= 15 is 0 Å². The number of rotatable bonds is 5. The van der Waals surface area contributed by atoms with E-state index < -0.39 is 46.6 Å². The van der Waals surface area contributed by atoms with Gasteiger partial charge in [0.05, 0.1) is 35.6 Å². The lowest BCUT2D eigenvalue weighted by Crippen LogP contribution is -2.46. The monoisotopic (exact) mass is 544 g/mol. The Kier molecular flexibility index (Phi) is 5.84. The number of halogens is 1. The van der Waals surface area contributed by atoms with Crippen molar-refractivity contribution in [3.8, 4) is 5.75 Å². The van der Waals surface area contributed by atoms with E-state index in [2.05, 4.69) is 5.32 Å². The quantitative estimate of drug-likeness (QED) is 0.287. The molecule has 3 heterocycles. The van der Waals surface area contributed by atoms with E-state index in [1.807, 2.05) is 30.3 Å². The van der Waals surface area contributed by atoms with Gasteiger partial charge in [-0.05, 0) is 41.5 Å². The smallest absolute Gasteiger partial charge is 0.289 e. The van der Waals surface area contributed by atoms with Crippen molar-refractivity contribution in [2.75, 3.05) is 17.3 Å². The number of para-hydroxylation sites is 2. The summed E-state index contributed by atoms with van der Waals surface area (Å²) in [5.74, 6) is -3.01. The number of nitrogens with one attached hydrogen (secondary N) is 1. The molecule has 6 rings (SSSR count). The number of amides is 3. The third-order valence-corrected chi connectivity index (χ3v) is 7.79. The molecule has 3 aromatic carbocycles. The lowest BCUT2D eigenvalue weighted by Gasteiger charge is -2.35. The zero-order valence-electron chi connectivity index (χ0n) is 20.5. The number of nitro groups is 1. The summed E-state index contributed by atoms with van der Waals surface area (Å²) in [7, 11) is 1.45. The van der Waals surface area contributed by atoms with Gasteiger partial charge in [-0.1, -0.05) is 48.0 Å². The molecule has 10 nitrogen and oxygen atoms in total. The Balaban J connectivity index is 1.44. The number of anilines is 2. The van der Waals surface area contributed by atoms with E-state index in [9.17, 15) is 24.5 Å². The number of carbonyl (C=O) groups excluding carboxylic acids is 3. The summed E-state index contributed by atoms with van der Waals surface area (Å²) >= 11 is 5.93. The summed E-state index contributed by atoms with van der Waals surface area (Å²) in [5, 5.41) is 14.0. The summed E-state index contributed by atoms with van der Waals surface area (Å²) < 4.78 is 5.42. The molecule has 0 spiro atoms. The van der Waals surface area contributed by atoms with Gasteiger partial charge in [0.25, 0.3) is 5.69 Å². The van der Waals surface area contributed by atoms with Crippen LogP contribution in [0.3, 0.4) is 0 Å². The van der Waals surface area contributed by atoms with E-state index in [1.165, 1.54) is 19.2 Å². The minimum atomic E-state index is -1.06. The largest absolute Gasteiger partial charge is 0.495 e. The maximum atomic E-state index is 14.0. The highest BCUT2D eigenvalue weighted by Gasteiger charge is 2.65. The lowest BCUT2D eigenvalue weighted by molar-refractivity contribution is -0.384. The van der Waals surface area contributed by atoms with Crippen LogP contribution in [0.2, 0.25) is 5.02 Å². The molecule has 0 radical (unpaired) electrons. The van der Waals surface area contributed by atoms with Gasteiger partial charge in [-0.3, -0.25) is 24.5 Å². The minimum Gasteiger partial charge on any atom is -0.495 e. The molecule has 3 aliphatic heterocycles. The predicted molar refractivity (Wildman–Crippen MR) is 143 cm³/mol.